The highest BCUT2D eigenvalue weighted by Gasteiger charge is 2.28. The van der Waals surface area contributed by atoms with E-state index in [1.807, 2.05) is 6.92 Å². The van der Waals surface area contributed by atoms with E-state index >= 15 is 0 Å². The van der Waals surface area contributed by atoms with E-state index in [4.69, 9.17) is 0 Å². The van der Waals surface area contributed by atoms with E-state index in [2.05, 4.69) is 10.6 Å². The molecular formula is C16H23N3O4S. The monoisotopic (exact) mass is 353 g/mol. The highest BCUT2D eigenvalue weighted by atomic mass is 32.2. The van der Waals surface area contributed by atoms with Gasteiger partial charge in [0, 0.05) is 36.8 Å². The Morgan fingerprint density at radius 3 is 2.50 bits per heavy atom. The largest absolute Gasteiger partial charge is 0.352 e. The molecule has 0 unspecified atom stereocenters. The summed E-state index contributed by atoms with van der Waals surface area (Å²) in [5.74, 6) is -0.553. The molecule has 1 fully saturated rings. The number of carbonyl (C=O) groups is 2. The van der Waals surface area contributed by atoms with Gasteiger partial charge in [-0.3, -0.25) is 9.59 Å². The summed E-state index contributed by atoms with van der Waals surface area (Å²) in [6.45, 7) is 3.09. The van der Waals surface area contributed by atoms with Crippen molar-refractivity contribution >= 4 is 27.5 Å². The number of benzene rings is 1. The average molecular weight is 353 g/mol. The molecule has 132 valence electrons. The van der Waals surface area contributed by atoms with Crippen LogP contribution < -0.4 is 10.6 Å². The minimum atomic E-state index is -3.20. The highest BCUT2D eigenvalue weighted by molar-refractivity contribution is 7.88. The second-order valence-electron chi connectivity index (χ2n) is 5.87. The number of carbonyl (C=O) groups excluding carboxylic acids is 2. The topological polar surface area (TPSA) is 95.6 Å². The number of hydrogen-bond acceptors (Lipinski definition) is 4. The molecule has 0 saturated carbocycles. The van der Waals surface area contributed by atoms with E-state index in [1.165, 1.54) is 10.6 Å². The molecule has 7 nitrogen and oxygen atoms in total. The Kier molecular flexibility index (Phi) is 5.95. The first kappa shape index (κ1) is 18.4. The molecule has 0 bridgehead atoms. The van der Waals surface area contributed by atoms with E-state index in [0.29, 0.717) is 43.7 Å². The standard InChI is InChI=1S/C16H23N3O4S/c1-3-17-15(20)13-5-4-6-14(11-13)18-16(21)12-7-9-19(10-8-12)24(2,22)23/h4-6,11-12H,3,7-10H2,1-2H3,(H,17,20)(H,18,21). The van der Waals surface area contributed by atoms with Gasteiger partial charge in [-0.2, -0.15) is 0 Å². The van der Waals surface area contributed by atoms with Gasteiger partial charge in [0.05, 0.1) is 6.26 Å². The lowest BCUT2D eigenvalue weighted by Crippen LogP contribution is -2.40. The lowest BCUT2D eigenvalue weighted by molar-refractivity contribution is -0.120. The quantitative estimate of drug-likeness (QED) is 0.827. The summed E-state index contributed by atoms with van der Waals surface area (Å²) in [6, 6.07) is 6.76. The summed E-state index contributed by atoms with van der Waals surface area (Å²) in [5.41, 5.74) is 1.05. The van der Waals surface area contributed by atoms with Crippen LogP contribution in [0, 0.1) is 5.92 Å². The van der Waals surface area contributed by atoms with Crippen molar-refractivity contribution in [3.8, 4) is 0 Å². The smallest absolute Gasteiger partial charge is 0.251 e. The summed E-state index contributed by atoms with van der Waals surface area (Å²) < 4.78 is 24.4. The third-order valence-electron chi connectivity index (χ3n) is 4.02. The van der Waals surface area contributed by atoms with E-state index < -0.39 is 10.0 Å². The van der Waals surface area contributed by atoms with Crippen LogP contribution in [-0.4, -0.2) is 50.4 Å². The summed E-state index contributed by atoms with van der Waals surface area (Å²) in [4.78, 5) is 24.2. The second kappa shape index (κ2) is 7.76. The van der Waals surface area contributed by atoms with Gasteiger partial charge in [0.25, 0.3) is 5.91 Å². The van der Waals surface area contributed by atoms with Crippen LogP contribution in [0.4, 0.5) is 5.69 Å². The maximum absolute atomic E-state index is 12.4. The van der Waals surface area contributed by atoms with E-state index in [9.17, 15) is 18.0 Å². The van der Waals surface area contributed by atoms with Crippen LogP contribution in [0.3, 0.4) is 0 Å². The van der Waals surface area contributed by atoms with Crippen molar-refractivity contribution in [2.24, 2.45) is 5.92 Å². The summed E-state index contributed by atoms with van der Waals surface area (Å²) in [7, 11) is -3.20. The van der Waals surface area contributed by atoms with Crippen molar-refractivity contribution in [2.75, 3.05) is 31.2 Å². The predicted octanol–water partition coefficient (Wildman–Crippen LogP) is 1.05. The van der Waals surface area contributed by atoms with Crippen molar-refractivity contribution in [1.82, 2.24) is 9.62 Å². The molecule has 1 aliphatic heterocycles. The maximum Gasteiger partial charge on any atom is 0.251 e. The van der Waals surface area contributed by atoms with Crippen LogP contribution in [-0.2, 0) is 14.8 Å². The molecule has 2 N–H and O–H groups in total. The van der Waals surface area contributed by atoms with E-state index in [-0.39, 0.29) is 17.7 Å². The normalized spacial score (nSPS) is 16.6. The zero-order chi connectivity index (χ0) is 17.7. The van der Waals surface area contributed by atoms with Gasteiger partial charge >= 0.3 is 0 Å². The van der Waals surface area contributed by atoms with Crippen molar-refractivity contribution in [2.45, 2.75) is 19.8 Å². The molecule has 1 aliphatic rings. The first-order chi connectivity index (χ1) is 11.3. The Labute approximate surface area is 142 Å². The SMILES string of the molecule is CCNC(=O)c1cccc(NC(=O)C2CCN(S(C)(=O)=O)CC2)c1. The molecule has 8 heteroatoms. The molecule has 0 radical (unpaired) electrons. The molecule has 2 rings (SSSR count). The average Bonchev–Trinajstić information content (AvgIpc) is 2.54. The fourth-order valence-electron chi connectivity index (χ4n) is 2.69. The molecule has 1 aromatic rings. The second-order valence-corrected chi connectivity index (χ2v) is 7.85. The first-order valence-corrected chi connectivity index (χ1v) is 9.80. The molecule has 1 aromatic carbocycles. The summed E-state index contributed by atoms with van der Waals surface area (Å²) in [6.07, 6.45) is 2.17. The zero-order valence-electron chi connectivity index (χ0n) is 13.9. The molecule has 0 spiro atoms. The lowest BCUT2D eigenvalue weighted by Gasteiger charge is -2.29. The van der Waals surface area contributed by atoms with Crippen molar-refractivity contribution < 1.29 is 18.0 Å². The Morgan fingerprint density at radius 2 is 1.92 bits per heavy atom. The highest BCUT2D eigenvalue weighted by Crippen LogP contribution is 2.21. The number of nitrogens with one attached hydrogen (secondary N) is 2. The van der Waals surface area contributed by atoms with Gasteiger partial charge in [-0.25, -0.2) is 12.7 Å². The van der Waals surface area contributed by atoms with Crippen LogP contribution in [0.1, 0.15) is 30.1 Å². The molecule has 1 heterocycles. The molecule has 0 atom stereocenters. The zero-order valence-corrected chi connectivity index (χ0v) is 14.7. The first-order valence-electron chi connectivity index (χ1n) is 7.95. The number of piperidine rings is 1. The fourth-order valence-corrected chi connectivity index (χ4v) is 3.57. The van der Waals surface area contributed by atoms with Gasteiger partial charge in [-0.15, -0.1) is 0 Å². The predicted molar refractivity (Wildman–Crippen MR) is 92.2 cm³/mol. The van der Waals surface area contributed by atoms with Crippen LogP contribution >= 0.6 is 0 Å². The molecule has 0 aliphatic carbocycles. The minimum Gasteiger partial charge on any atom is -0.352 e. The molecule has 24 heavy (non-hydrogen) atoms. The van der Waals surface area contributed by atoms with E-state index in [1.54, 1.807) is 24.3 Å². The fraction of sp³-hybridized carbons (Fsp3) is 0.500. The molecule has 2 amide bonds. The Balaban J connectivity index is 1.96. The van der Waals surface area contributed by atoms with Gasteiger partial charge in [-0.05, 0) is 38.0 Å². The lowest BCUT2D eigenvalue weighted by atomic mass is 9.97. The van der Waals surface area contributed by atoms with Crippen molar-refractivity contribution in [1.29, 1.82) is 0 Å². The van der Waals surface area contributed by atoms with Gasteiger partial charge < -0.3 is 10.6 Å². The number of hydrogen-bond donors (Lipinski definition) is 2. The molecule has 0 aromatic heterocycles. The Morgan fingerprint density at radius 1 is 1.25 bits per heavy atom. The summed E-state index contributed by atoms with van der Waals surface area (Å²) >= 11 is 0. The molecular weight excluding hydrogens is 330 g/mol. The van der Waals surface area contributed by atoms with Gasteiger partial charge in [0.15, 0.2) is 0 Å². The maximum atomic E-state index is 12.4. The van der Waals surface area contributed by atoms with Crippen molar-refractivity contribution in [3.63, 3.8) is 0 Å². The van der Waals surface area contributed by atoms with Crippen LogP contribution in [0.5, 0.6) is 0 Å². The number of amides is 2. The van der Waals surface area contributed by atoms with Crippen LogP contribution in [0.25, 0.3) is 0 Å². The van der Waals surface area contributed by atoms with Gasteiger partial charge in [-0.1, -0.05) is 6.07 Å². The third-order valence-corrected chi connectivity index (χ3v) is 5.33. The number of anilines is 1. The van der Waals surface area contributed by atoms with Crippen molar-refractivity contribution in [3.05, 3.63) is 29.8 Å². The van der Waals surface area contributed by atoms with Gasteiger partial charge in [0.2, 0.25) is 15.9 Å². The Bertz CT molecular complexity index is 710. The van der Waals surface area contributed by atoms with Crippen LogP contribution in [0.2, 0.25) is 0 Å². The molecule has 1 saturated heterocycles. The summed E-state index contributed by atoms with van der Waals surface area (Å²) in [5, 5.41) is 5.53. The third kappa shape index (κ3) is 4.78. The number of rotatable bonds is 5. The van der Waals surface area contributed by atoms with Crippen LogP contribution in [0.15, 0.2) is 24.3 Å². The van der Waals surface area contributed by atoms with Gasteiger partial charge in [0.1, 0.15) is 0 Å². The minimum absolute atomic E-state index is 0.142. The Hall–Kier alpha value is -1.93. The number of sulfonamides is 1. The number of nitrogens with zero attached hydrogens (tertiary/aromatic N) is 1. The van der Waals surface area contributed by atoms with E-state index in [0.717, 1.165) is 0 Å².